The molecule has 1 N–H and O–H groups in total. The Morgan fingerprint density at radius 2 is 2.00 bits per heavy atom. The van der Waals surface area contributed by atoms with Crippen LogP contribution in [0.5, 0.6) is 0 Å². The molecule has 1 aromatic carbocycles. The number of nitrogens with one attached hydrogen (secondary N) is 1. The van der Waals surface area contributed by atoms with Gasteiger partial charge in [0.1, 0.15) is 11.9 Å². The van der Waals surface area contributed by atoms with E-state index in [1.54, 1.807) is 19.1 Å². The van der Waals surface area contributed by atoms with Crippen LogP contribution in [-0.2, 0) is 19.7 Å². The lowest BCUT2D eigenvalue weighted by Crippen LogP contribution is -2.50. The number of ether oxygens (including phenoxy) is 2. The second kappa shape index (κ2) is 9.82. The van der Waals surface area contributed by atoms with E-state index >= 15 is 0 Å². The van der Waals surface area contributed by atoms with E-state index in [-0.39, 0.29) is 36.8 Å². The number of nitrogens with zero attached hydrogens (tertiary/aromatic N) is 2. The van der Waals surface area contributed by atoms with Crippen LogP contribution in [0.2, 0.25) is 0 Å². The molecule has 3 fully saturated rings. The average Bonchev–Trinajstić information content (AvgIpc) is 3.35. The van der Waals surface area contributed by atoms with E-state index in [0.717, 1.165) is 75.7 Å². The average molecular weight is 476 g/mol. The lowest BCUT2D eigenvalue weighted by Gasteiger charge is -2.43. The highest BCUT2D eigenvalue weighted by Gasteiger charge is 2.46. The van der Waals surface area contributed by atoms with Crippen LogP contribution >= 0.6 is 0 Å². The number of halogens is 1. The van der Waals surface area contributed by atoms with Crippen LogP contribution in [0.3, 0.4) is 0 Å². The van der Waals surface area contributed by atoms with Crippen LogP contribution in [0.4, 0.5) is 14.9 Å². The van der Waals surface area contributed by atoms with Crippen molar-refractivity contribution in [2.75, 3.05) is 37.7 Å². The summed E-state index contributed by atoms with van der Waals surface area (Å²) in [5.41, 5.74) is 1.68. The predicted molar refractivity (Wildman–Crippen MR) is 129 cm³/mol. The molecule has 0 radical (unpaired) electrons. The van der Waals surface area contributed by atoms with E-state index in [0.29, 0.717) is 25.8 Å². The predicted octanol–water partition coefficient (Wildman–Crippen LogP) is 3.99. The van der Waals surface area contributed by atoms with Crippen molar-refractivity contribution < 1.29 is 24.9 Å². The molecule has 188 valence electrons. The first-order valence-corrected chi connectivity index (χ1v) is 12.8. The molecule has 2 unspecified atom stereocenters. The maximum absolute atomic E-state index is 14.2. The Labute approximate surface area is 202 Å². The monoisotopic (exact) mass is 475 g/mol. The van der Waals surface area contributed by atoms with Gasteiger partial charge in [-0.25, -0.2) is 9.18 Å². The molecule has 2 saturated heterocycles. The van der Waals surface area contributed by atoms with Crippen molar-refractivity contribution in [3.8, 4) is 0 Å². The molecule has 0 aromatic heterocycles. The van der Waals surface area contributed by atoms with E-state index < -0.39 is 0 Å². The summed E-state index contributed by atoms with van der Waals surface area (Å²) in [5.74, 6) is -0.222. The maximum Gasteiger partial charge on any atom is 0.407 e. The maximum atomic E-state index is 14.2. The highest BCUT2D eigenvalue weighted by molar-refractivity contribution is 5.94. The van der Waals surface area contributed by atoms with E-state index in [4.69, 9.17) is 9.47 Å². The van der Waals surface area contributed by atoms with Gasteiger partial charge in [0.05, 0.1) is 13.2 Å². The molecule has 5 rings (SSSR count). The van der Waals surface area contributed by atoms with Crippen molar-refractivity contribution >= 4 is 17.7 Å². The Hall–Kier alpha value is -2.19. The molecule has 34 heavy (non-hydrogen) atoms. The summed E-state index contributed by atoms with van der Waals surface area (Å²) in [5, 5.41) is 3.11. The number of rotatable bonds is 3. The van der Waals surface area contributed by atoms with Gasteiger partial charge in [0.2, 0.25) is 5.91 Å². The normalized spacial score (nSPS) is 29.0. The molecule has 3 heterocycles. The molecule has 3 atom stereocenters. The summed E-state index contributed by atoms with van der Waals surface area (Å²) in [6.45, 7) is 5.21. The second-order valence-electron chi connectivity index (χ2n) is 10.5. The summed E-state index contributed by atoms with van der Waals surface area (Å²) in [6, 6.07) is 5.38. The first-order valence-electron chi connectivity index (χ1n) is 12.8. The standard InChI is InChI=1S/C26H36FN3O4.H2/c1-18(31)30-17-26(23-14-19(27)6-7-24(23)30)9-11-29(12-10-26)21-5-3-2-4-20(15-21)28-25(32)34-22-8-13-33-16-22;/h6-7,14,20-22H,2-5,8-13,15-17H2,1H3,(H,28,32);1H/t20?,21?,22-;/m1./s1. The van der Waals surface area contributed by atoms with Gasteiger partial charge in [-0.15, -0.1) is 0 Å². The smallest absolute Gasteiger partial charge is 0.407 e. The summed E-state index contributed by atoms with van der Waals surface area (Å²) in [7, 11) is 0. The Balaban J connectivity index is 0.00000289. The number of carbonyl (C=O) groups excluding carboxylic acids is 2. The van der Waals surface area contributed by atoms with E-state index in [1.165, 1.54) is 6.07 Å². The van der Waals surface area contributed by atoms with Crippen LogP contribution in [0.15, 0.2) is 18.2 Å². The summed E-state index contributed by atoms with van der Waals surface area (Å²) in [4.78, 5) is 29.0. The quantitative estimate of drug-likeness (QED) is 0.670. The molecule has 1 spiro atoms. The van der Waals surface area contributed by atoms with E-state index in [2.05, 4.69) is 10.2 Å². The number of hydrogen-bond acceptors (Lipinski definition) is 5. The zero-order chi connectivity index (χ0) is 23.7. The Bertz CT molecular complexity index is 918. The second-order valence-corrected chi connectivity index (χ2v) is 10.5. The van der Waals surface area contributed by atoms with E-state index in [9.17, 15) is 14.0 Å². The number of piperidine rings is 1. The lowest BCUT2D eigenvalue weighted by atomic mass is 9.74. The van der Waals surface area contributed by atoms with Crippen molar-refractivity contribution in [2.45, 2.75) is 81.9 Å². The van der Waals surface area contributed by atoms with Gasteiger partial charge in [-0.3, -0.25) is 4.79 Å². The van der Waals surface area contributed by atoms with E-state index in [1.807, 2.05) is 4.90 Å². The van der Waals surface area contributed by atoms with Gasteiger partial charge in [0, 0.05) is 44.5 Å². The molecule has 1 aliphatic carbocycles. The van der Waals surface area contributed by atoms with Gasteiger partial charge in [-0.2, -0.15) is 0 Å². The molecular formula is C26H38FN3O4. The van der Waals surface area contributed by atoms with Crippen molar-refractivity contribution in [3.63, 3.8) is 0 Å². The summed E-state index contributed by atoms with van der Waals surface area (Å²) in [6.07, 6.45) is 7.41. The van der Waals surface area contributed by atoms with Crippen LogP contribution < -0.4 is 10.2 Å². The number of alkyl carbamates (subject to hydrolysis) is 1. The number of carbonyl (C=O) groups is 2. The molecule has 4 aliphatic rings. The zero-order valence-corrected chi connectivity index (χ0v) is 20.1. The molecule has 0 bridgehead atoms. The fourth-order valence-electron chi connectivity index (χ4n) is 6.42. The third kappa shape index (κ3) is 4.80. The third-order valence-electron chi connectivity index (χ3n) is 8.31. The third-order valence-corrected chi connectivity index (χ3v) is 8.31. The number of anilines is 1. The van der Waals surface area contributed by atoms with Crippen molar-refractivity contribution in [1.29, 1.82) is 0 Å². The fraction of sp³-hybridized carbons (Fsp3) is 0.692. The first kappa shape index (κ1) is 23.5. The molecule has 7 nitrogen and oxygen atoms in total. The van der Waals surface area contributed by atoms with Crippen molar-refractivity contribution in [3.05, 3.63) is 29.6 Å². The van der Waals surface area contributed by atoms with Gasteiger partial charge < -0.3 is 24.6 Å². The Morgan fingerprint density at radius 3 is 2.74 bits per heavy atom. The van der Waals surface area contributed by atoms with Gasteiger partial charge in [-0.1, -0.05) is 12.8 Å². The van der Waals surface area contributed by atoms with Crippen LogP contribution in [0, 0.1) is 5.82 Å². The van der Waals surface area contributed by atoms with Gasteiger partial charge in [0.15, 0.2) is 0 Å². The van der Waals surface area contributed by atoms with Gasteiger partial charge >= 0.3 is 6.09 Å². The number of amides is 2. The number of hydrogen-bond donors (Lipinski definition) is 1. The van der Waals surface area contributed by atoms with Crippen molar-refractivity contribution in [2.24, 2.45) is 0 Å². The molecular weight excluding hydrogens is 437 g/mol. The van der Waals surface area contributed by atoms with Gasteiger partial charge in [0.25, 0.3) is 0 Å². The van der Waals surface area contributed by atoms with Crippen LogP contribution in [0.1, 0.15) is 65.3 Å². The van der Waals surface area contributed by atoms with Crippen molar-refractivity contribution in [1.82, 2.24) is 10.2 Å². The van der Waals surface area contributed by atoms with Crippen LogP contribution in [-0.4, -0.2) is 67.9 Å². The molecule has 3 aliphatic heterocycles. The number of benzene rings is 1. The summed E-state index contributed by atoms with van der Waals surface area (Å²) < 4.78 is 25.0. The minimum Gasteiger partial charge on any atom is -0.444 e. The zero-order valence-electron chi connectivity index (χ0n) is 20.1. The largest absolute Gasteiger partial charge is 0.444 e. The molecule has 1 aromatic rings. The lowest BCUT2D eigenvalue weighted by molar-refractivity contribution is -0.116. The highest BCUT2D eigenvalue weighted by Crippen LogP contribution is 2.47. The summed E-state index contributed by atoms with van der Waals surface area (Å²) >= 11 is 0. The highest BCUT2D eigenvalue weighted by atomic mass is 19.1. The SMILES string of the molecule is CC(=O)N1CC2(CCN(C3CCCCC(NC(=O)O[C@@H]4CCOC4)C3)CC2)c2cc(F)ccc21.[HH]. The number of likely N-dealkylation sites (tertiary alicyclic amines) is 1. The molecule has 2 amide bonds. The van der Waals surface area contributed by atoms with Gasteiger partial charge in [-0.05, 0) is 69.0 Å². The first-order chi connectivity index (χ1) is 16.4. The molecule has 8 heteroatoms. The minimum atomic E-state index is -0.326. The molecule has 1 saturated carbocycles. The minimum absolute atomic E-state index is 0. The number of fused-ring (bicyclic) bond motifs is 2. The fourth-order valence-corrected chi connectivity index (χ4v) is 6.42. The van der Waals surface area contributed by atoms with Crippen LogP contribution in [0.25, 0.3) is 0 Å². The topological polar surface area (TPSA) is 71.1 Å². The Morgan fingerprint density at radius 1 is 1.21 bits per heavy atom. The Kier molecular flexibility index (Phi) is 6.80.